The number of urea groups is 1. The quantitative estimate of drug-likeness (QED) is 0.773. The summed E-state index contributed by atoms with van der Waals surface area (Å²) in [5.41, 5.74) is 3.25. The summed E-state index contributed by atoms with van der Waals surface area (Å²) < 4.78 is 0. The van der Waals surface area contributed by atoms with Gasteiger partial charge in [0, 0.05) is 29.7 Å². The maximum atomic E-state index is 12.7. The lowest BCUT2D eigenvalue weighted by molar-refractivity contribution is 0.211. The summed E-state index contributed by atoms with van der Waals surface area (Å²) in [4.78, 5) is 14.6. The van der Waals surface area contributed by atoms with Gasteiger partial charge in [-0.25, -0.2) is 4.79 Å². The smallest absolute Gasteiger partial charge is 0.321 e. The fourth-order valence-electron chi connectivity index (χ4n) is 3.26. The van der Waals surface area contributed by atoms with Gasteiger partial charge in [0.1, 0.15) is 0 Å². The zero-order valence-corrected chi connectivity index (χ0v) is 14.7. The van der Waals surface area contributed by atoms with Crippen molar-refractivity contribution in [3.8, 4) is 0 Å². The fourth-order valence-corrected chi connectivity index (χ4v) is 3.38. The summed E-state index contributed by atoms with van der Waals surface area (Å²) in [5.74, 6) is 0.369. The molecule has 4 heteroatoms. The average molecular weight is 343 g/mol. The van der Waals surface area contributed by atoms with Crippen LogP contribution in [0, 0.1) is 6.92 Å². The molecule has 3 nitrogen and oxygen atoms in total. The van der Waals surface area contributed by atoms with Crippen molar-refractivity contribution < 1.29 is 4.79 Å². The lowest BCUT2D eigenvalue weighted by atomic mass is 9.94. The van der Waals surface area contributed by atoms with Gasteiger partial charge < -0.3 is 10.2 Å². The Hall–Kier alpha value is -2.00. The number of carbonyl (C=O) groups excluding carboxylic acids is 1. The lowest BCUT2D eigenvalue weighted by Gasteiger charge is -2.25. The van der Waals surface area contributed by atoms with E-state index in [9.17, 15) is 4.79 Å². The molecule has 126 valence electrons. The highest BCUT2D eigenvalue weighted by Gasteiger charge is 2.23. The standard InChI is InChI=1S/C20H23ClN2O/c1-15-5-4-7-19(13-15)22-20(24)23-12-3-2-6-17(14-23)16-8-10-18(21)11-9-16/h4-5,7-11,13,17H,2-3,6,12,14H2,1H3,(H,22,24). The molecule has 1 heterocycles. The first kappa shape index (κ1) is 16.8. The van der Waals surface area contributed by atoms with Crippen molar-refractivity contribution in [3.63, 3.8) is 0 Å². The highest BCUT2D eigenvalue weighted by molar-refractivity contribution is 6.30. The number of benzene rings is 2. The van der Waals surface area contributed by atoms with E-state index in [1.165, 1.54) is 5.56 Å². The van der Waals surface area contributed by atoms with Crippen LogP contribution in [0.15, 0.2) is 48.5 Å². The molecule has 1 saturated heterocycles. The molecule has 2 aromatic carbocycles. The molecule has 3 rings (SSSR count). The summed E-state index contributed by atoms with van der Waals surface area (Å²) in [6.07, 6.45) is 3.29. The van der Waals surface area contributed by atoms with Crippen molar-refractivity contribution >= 4 is 23.3 Å². The van der Waals surface area contributed by atoms with Crippen LogP contribution < -0.4 is 5.32 Å². The highest BCUT2D eigenvalue weighted by Crippen LogP contribution is 2.28. The van der Waals surface area contributed by atoms with Crippen LogP contribution in [0.4, 0.5) is 10.5 Å². The second-order valence-corrected chi connectivity index (χ2v) is 6.93. The number of anilines is 1. The maximum absolute atomic E-state index is 12.7. The van der Waals surface area contributed by atoms with Gasteiger partial charge in [0.15, 0.2) is 0 Å². The van der Waals surface area contributed by atoms with Crippen LogP contribution in [-0.4, -0.2) is 24.0 Å². The van der Waals surface area contributed by atoms with E-state index in [0.717, 1.165) is 48.6 Å². The molecule has 1 atom stereocenters. The predicted molar refractivity (Wildman–Crippen MR) is 99.8 cm³/mol. The van der Waals surface area contributed by atoms with Crippen molar-refractivity contribution in [3.05, 3.63) is 64.7 Å². The second kappa shape index (κ2) is 7.71. The van der Waals surface area contributed by atoms with Gasteiger partial charge >= 0.3 is 6.03 Å². The Morgan fingerprint density at radius 2 is 1.96 bits per heavy atom. The van der Waals surface area contributed by atoms with E-state index in [-0.39, 0.29) is 6.03 Å². The molecule has 0 aliphatic carbocycles. The van der Waals surface area contributed by atoms with Crippen LogP contribution in [0.1, 0.15) is 36.3 Å². The van der Waals surface area contributed by atoms with Gasteiger partial charge in [-0.3, -0.25) is 0 Å². The summed E-state index contributed by atoms with van der Waals surface area (Å²) in [6.45, 7) is 3.58. The molecule has 2 amide bonds. The number of likely N-dealkylation sites (tertiary alicyclic amines) is 1. The van der Waals surface area contributed by atoms with E-state index in [2.05, 4.69) is 17.4 Å². The Labute approximate surface area is 148 Å². The molecule has 1 aliphatic heterocycles. The molecule has 1 N–H and O–H groups in total. The molecule has 0 radical (unpaired) electrons. The summed E-state index contributed by atoms with van der Waals surface area (Å²) in [7, 11) is 0. The van der Waals surface area contributed by atoms with Gasteiger partial charge in [0.05, 0.1) is 0 Å². The molecular formula is C20H23ClN2O. The third-order valence-electron chi connectivity index (χ3n) is 4.57. The molecule has 24 heavy (non-hydrogen) atoms. The number of carbonyl (C=O) groups is 1. The Bertz CT molecular complexity index is 699. The number of hydrogen-bond donors (Lipinski definition) is 1. The van der Waals surface area contributed by atoms with Gasteiger partial charge in [-0.15, -0.1) is 0 Å². The van der Waals surface area contributed by atoms with Crippen LogP contribution >= 0.6 is 11.6 Å². The highest BCUT2D eigenvalue weighted by atomic mass is 35.5. The minimum atomic E-state index is -0.0125. The number of aryl methyl sites for hydroxylation is 1. The number of hydrogen-bond acceptors (Lipinski definition) is 1. The summed E-state index contributed by atoms with van der Waals surface area (Å²) in [6, 6.07) is 15.9. The number of rotatable bonds is 2. The van der Waals surface area contributed by atoms with Crippen molar-refractivity contribution in [1.82, 2.24) is 4.90 Å². The molecule has 0 saturated carbocycles. The number of halogens is 1. The Morgan fingerprint density at radius 1 is 1.17 bits per heavy atom. The number of amides is 2. The van der Waals surface area contributed by atoms with Crippen LogP contribution in [0.2, 0.25) is 5.02 Å². The fraction of sp³-hybridized carbons (Fsp3) is 0.350. The minimum absolute atomic E-state index is 0.0125. The average Bonchev–Trinajstić information content (AvgIpc) is 2.82. The maximum Gasteiger partial charge on any atom is 0.321 e. The van der Waals surface area contributed by atoms with Gasteiger partial charge in [0.2, 0.25) is 0 Å². The van der Waals surface area contributed by atoms with Crippen LogP contribution in [-0.2, 0) is 0 Å². The van der Waals surface area contributed by atoms with E-state index in [1.54, 1.807) is 0 Å². The molecule has 0 aromatic heterocycles. The summed E-state index contributed by atoms with van der Waals surface area (Å²) >= 11 is 5.99. The van der Waals surface area contributed by atoms with Crippen molar-refractivity contribution in [2.45, 2.75) is 32.1 Å². The zero-order valence-electron chi connectivity index (χ0n) is 14.0. The van der Waals surface area contributed by atoms with Gasteiger partial charge in [-0.1, -0.05) is 42.3 Å². The van der Waals surface area contributed by atoms with E-state index in [1.807, 2.05) is 48.2 Å². The van der Waals surface area contributed by atoms with Crippen molar-refractivity contribution in [1.29, 1.82) is 0 Å². The third-order valence-corrected chi connectivity index (χ3v) is 4.82. The normalized spacial score (nSPS) is 18.1. The van der Waals surface area contributed by atoms with Crippen LogP contribution in [0.3, 0.4) is 0 Å². The van der Waals surface area contributed by atoms with E-state index in [4.69, 9.17) is 11.6 Å². The first-order chi connectivity index (χ1) is 11.6. The molecule has 1 aliphatic rings. The minimum Gasteiger partial charge on any atom is -0.324 e. The van der Waals surface area contributed by atoms with Crippen LogP contribution in [0.25, 0.3) is 0 Å². The largest absolute Gasteiger partial charge is 0.324 e. The zero-order chi connectivity index (χ0) is 16.9. The van der Waals surface area contributed by atoms with E-state index >= 15 is 0 Å². The van der Waals surface area contributed by atoms with Crippen LogP contribution in [0.5, 0.6) is 0 Å². The first-order valence-electron chi connectivity index (χ1n) is 8.50. The molecular weight excluding hydrogens is 320 g/mol. The number of nitrogens with one attached hydrogen (secondary N) is 1. The monoisotopic (exact) mass is 342 g/mol. The van der Waals surface area contributed by atoms with E-state index in [0.29, 0.717) is 5.92 Å². The predicted octanol–water partition coefficient (Wildman–Crippen LogP) is 5.45. The molecule has 1 unspecified atom stereocenters. The lowest BCUT2D eigenvalue weighted by Crippen LogP contribution is -2.37. The Kier molecular flexibility index (Phi) is 5.41. The van der Waals surface area contributed by atoms with Crippen molar-refractivity contribution in [2.75, 3.05) is 18.4 Å². The summed E-state index contributed by atoms with van der Waals surface area (Å²) in [5, 5.41) is 3.78. The SMILES string of the molecule is Cc1cccc(NC(=O)N2CCCCC(c3ccc(Cl)cc3)C2)c1. The van der Waals surface area contributed by atoms with Gasteiger partial charge in [-0.2, -0.15) is 0 Å². The Morgan fingerprint density at radius 3 is 2.71 bits per heavy atom. The number of nitrogens with zero attached hydrogens (tertiary/aromatic N) is 1. The molecule has 1 fully saturated rings. The Balaban J connectivity index is 1.70. The van der Waals surface area contributed by atoms with E-state index < -0.39 is 0 Å². The second-order valence-electron chi connectivity index (χ2n) is 6.49. The topological polar surface area (TPSA) is 32.3 Å². The van der Waals surface area contributed by atoms with Crippen molar-refractivity contribution in [2.24, 2.45) is 0 Å². The van der Waals surface area contributed by atoms with Gasteiger partial charge in [0.25, 0.3) is 0 Å². The first-order valence-corrected chi connectivity index (χ1v) is 8.88. The van der Waals surface area contributed by atoms with Gasteiger partial charge in [-0.05, 0) is 55.2 Å². The molecule has 2 aromatic rings. The molecule has 0 bridgehead atoms. The third kappa shape index (κ3) is 4.30. The molecule has 0 spiro atoms.